The fourth-order valence-corrected chi connectivity index (χ4v) is 1.64. The first-order valence-corrected chi connectivity index (χ1v) is 4.96. The summed E-state index contributed by atoms with van der Waals surface area (Å²) in [6.07, 6.45) is -2.59. The lowest BCUT2D eigenvalue weighted by atomic mass is 10.2. The number of benzene rings is 1. The number of thioether (sulfide) groups is 1. The van der Waals surface area contributed by atoms with Gasteiger partial charge >= 0.3 is 6.18 Å². The number of alkyl halides is 3. The van der Waals surface area contributed by atoms with E-state index in [1.807, 2.05) is 0 Å². The minimum absolute atomic E-state index is 0.251. The highest BCUT2D eigenvalue weighted by molar-refractivity contribution is 7.98. The van der Waals surface area contributed by atoms with Crippen LogP contribution in [-0.2, 0) is 6.18 Å². The Balaban J connectivity index is 3.13. The molecule has 0 saturated carbocycles. The van der Waals surface area contributed by atoms with Crippen molar-refractivity contribution in [3.8, 4) is 0 Å². The molecule has 0 aliphatic heterocycles. The first-order chi connectivity index (χ1) is 5.95. The van der Waals surface area contributed by atoms with Crippen LogP contribution in [0, 0.1) is 0 Å². The number of halogens is 4. The van der Waals surface area contributed by atoms with Gasteiger partial charge in [0.05, 0.1) is 10.6 Å². The van der Waals surface area contributed by atoms with Crippen LogP contribution in [0.5, 0.6) is 0 Å². The van der Waals surface area contributed by atoms with Crippen molar-refractivity contribution in [2.45, 2.75) is 11.1 Å². The van der Waals surface area contributed by atoms with Gasteiger partial charge in [-0.1, -0.05) is 11.6 Å². The summed E-state index contributed by atoms with van der Waals surface area (Å²) in [5.74, 6) is 0. The van der Waals surface area contributed by atoms with Gasteiger partial charge in [0.15, 0.2) is 0 Å². The molecule has 0 N–H and O–H groups in total. The summed E-state index contributed by atoms with van der Waals surface area (Å²) in [6, 6.07) is 3.71. The summed E-state index contributed by atoms with van der Waals surface area (Å²) < 4.78 is 36.6. The molecule has 72 valence electrons. The van der Waals surface area contributed by atoms with Crippen LogP contribution < -0.4 is 0 Å². The molecular weight excluding hydrogens is 221 g/mol. The zero-order valence-corrected chi connectivity index (χ0v) is 8.22. The molecule has 0 bridgehead atoms. The predicted octanol–water partition coefficient (Wildman–Crippen LogP) is 4.08. The van der Waals surface area contributed by atoms with Crippen molar-refractivity contribution >= 4 is 23.4 Å². The number of hydrogen-bond donors (Lipinski definition) is 0. The standard InChI is InChI=1S/C8H6ClF3S/c1-13-5-2-3-6(7(9)4-5)8(10,11)12/h2-4H,1H3. The number of rotatable bonds is 1. The Morgan fingerprint density at radius 3 is 2.31 bits per heavy atom. The molecule has 0 heterocycles. The van der Waals surface area contributed by atoms with E-state index in [2.05, 4.69) is 0 Å². The van der Waals surface area contributed by atoms with Crippen molar-refractivity contribution in [1.82, 2.24) is 0 Å². The van der Waals surface area contributed by atoms with E-state index in [0.717, 1.165) is 11.0 Å². The third-order valence-corrected chi connectivity index (χ3v) is 2.52. The van der Waals surface area contributed by atoms with Crippen molar-refractivity contribution in [1.29, 1.82) is 0 Å². The van der Waals surface area contributed by atoms with Crippen LogP contribution in [0.4, 0.5) is 13.2 Å². The second-order valence-electron chi connectivity index (χ2n) is 2.34. The Morgan fingerprint density at radius 2 is 1.92 bits per heavy atom. The van der Waals surface area contributed by atoms with Crippen molar-refractivity contribution in [3.05, 3.63) is 28.8 Å². The smallest absolute Gasteiger partial charge is 0.166 e. The highest BCUT2D eigenvalue weighted by Crippen LogP contribution is 2.36. The largest absolute Gasteiger partial charge is 0.417 e. The molecule has 13 heavy (non-hydrogen) atoms. The normalized spacial score (nSPS) is 11.8. The van der Waals surface area contributed by atoms with Crippen LogP contribution in [-0.4, -0.2) is 6.26 Å². The zero-order valence-electron chi connectivity index (χ0n) is 6.65. The van der Waals surface area contributed by atoms with E-state index in [9.17, 15) is 13.2 Å². The fraction of sp³-hybridized carbons (Fsp3) is 0.250. The van der Waals surface area contributed by atoms with Crippen LogP contribution in [0.15, 0.2) is 23.1 Å². The van der Waals surface area contributed by atoms with Crippen LogP contribution in [0.1, 0.15) is 5.56 Å². The lowest BCUT2D eigenvalue weighted by Crippen LogP contribution is -2.05. The lowest BCUT2D eigenvalue weighted by Gasteiger charge is -2.09. The maximum Gasteiger partial charge on any atom is 0.417 e. The van der Waals surface area contributed by atoms with Crippen molar-refractivity contribution < 1.29 is 13.2 Å². The van der Waals surface area contributed by atoms with Gasteiger partial charge in [0, 0.05) is 4.90 Å². The van der Waals surface area contributed by atoms with Gasteiger partial charge in [-0.2, -0.15) is 13.2 Å². The topological polar surface area (TPSA) is 0 Å². The third-order valence-electron chi connectivity index (χ3n) is 1.48. The van der Waals surface area contributed by atoms with E-state index < -0.39 is 11.7 Å². The highest BCUT2D eigenvalue weighted by atomic mass is 35.5. The van der Waals surface area contributed by atoms with E-state index in [-0.39, 0.29) is 5.02 Å². The van der Waals surface area contributed by atoms with Crippen molar-refractivity contribution in [2.75, 3.05) is 6.26 Å². The maximum absolute atomic E-state index is 12.2. The van der Waals surface area contributed by atoms with Gasteiger partial charge in [0.1, 0.15) is 0 Å². The summed E-state index contributed by atoms with van der Waals surface area (Å²) in [5, 5.41) is -0.251. The molecule has 0 aliphatic carbocycles. The molecule has 0 radical (unpaired) electrons. The van der Waals surface area contributed by atoms with E-state index in [0.29, 0.717) is 0 Å². The molecule has 0 saturated heterocycles. The Hall–Kier alpha value is -0.350. The van der Waals surface area contributed by atoms with Crippen LogP contribution >= 0.6 is 23.4 Å². The highest BCUT2D eigenvalue weighted by Gasteiger charge is 2.32. The Bertz CT molecular complexity index is 309. The molecule has 5 heteroatoms. The SMILES string of the molecule is CSc1ccc(C(F)(F)F)c(Cl)c1. The average molecular weight is 227 g/mol. The molecule has 0 aliphatic rings. The minimum Gasteiger partial charge on any atom is -0.166 e. The third kappa shape index (κ3) is 2.54. The van der Waals surface area contributed by atoms with Crippen LogP contribution in [0.3, 0.4) is 0 Å². The van der Waals surface area contributed by atoms with E-state index in [1.54, 1.807) is 6.26 Å². The van der Waals surface area contributed by atoms with Crippen molar-refractivity contribution in [2.24, 2.45) is 0 Å². The van der Waals surface area contributed by atoms with Gasteiger partial charge in [0.2, 0.25) is 0 Å². The van der Waals surface area contributed by atoms with E-state index >= 15 is 0 Å². The van der Waals surface area contributed by atoms with E-state index in [4.69, 9.17) is 11.6 Å². The minimum atomic E-state index is -4.37. The van der Waals surface area contributed by atoms with Crippen molar-refractivity contribution in [3.63, 3.8) is 0 Å². The van der Waals surface area contributed by atoms with Gasteiger partial charge in [-0.25, -0.2) is 0 Å². The number of hydrogen-bond acceptors (Lipinski definition) is 1. The second-order valence-corrected chi connectivity index (χ2v) is 3.63. The predicted molar refractivity (Wildman–Crippen MR) is 48.2 cm³/mol. The van der Waals surface area contributed by atoms with Gasteiger partial charge in [-0.15, -0.1) is 11.8 Å². The van der Waals surface area contributed by atoms with Crippen LogP contribution in [0.25, 0.3) is 0 Å². The quantitative estimate of drug-likeness (QED) is 0.651. The molecule has 0 fully saturated rings. The average Bonchev–Trinajstić information content (AvgIpc) is 2.01. The van der Waals surface area contributed by atoms with Gasteiger partial charge in [0.25, 0.3) is 0 Å². The molecule has 0 spiro atoms. The maximum atomic E-state index is 12.2. The molecule has 0 atom stereocenters. The van der Waals surface area contributed by atoms with Gasteiger partial charge < -0.3 is 0 Å². The fourth-order valence-electron chi connectivity index (χ4n) is 0.853. The Morgan fingerprint density at radius 1 is 1.31 bits per heavy atom. The van der Waals surface area contributed by atoms with E-state index in [1.165, 1.54) is 23.9 Å². The second kappa shape index (κ2) is 3.80. The first kappa shape index (κ1) is 10.7. The monoisotopic (exact) mass is 226 g/mol. The summed E-state index contributed by atoms with van der Waals surface area (Å²) in [6.45, 7) is 0. The first-order valence-electron chi connectivity index (χ1n) is 3.36. The molecule has 1 aromatic carbocycles. The molecule has 0 aromatic heterocycles. The summed E-state index contributed by atoms with van der Waals surface area (Å²) in [7, 11) is 0. The van der Waals surface area contributed by atoms with Crippen LogP contribution in [0.2, 0.25) is 5.02 Å². The molecular formula is C8H6ClF3S. The molecule has 0 nitrogen and oxygen atoms in total. The molecule has 1 aromatic rings. The molecule has 0 unspecified atom stereocenters. The zero-order chi connectivity index (χ0) is 10.1. The molecule has 0 amide bonds. The summed E-state index contributed by atoms with van der Waals surface area (Å²) >= 11 is 6.81. The summed E-state index contributed by atoms with van der Waals surface area (Å²) in [5.41, 5.74) is -0.785. The Labute approximate surface area is 83.1 Å². The Kier molecular flexibility index (Phi) is 3.14. The van der Waals surface area contributed by atoms with Gasteiger partial charge in [-0.3, -0.25) is 0 Å². The molecule has 1 rings (SSSR count). The van der Waals surface area contributed by atoms with Gasteiger partial charge in [-0.05, 0) is 24.5 Å². The lowest BCUT2D eigenvalue weighted by molar-refractivity contribution is -0.137. The summed E-state index contributed by atoms with van der Waals surface area (Å²) in [4.78, 5) is 0.720.